The van der Waals surface area contributed by atoms with Crippen molar-refractivity contribution >= 4 is 43.2 Å². The van der Waals surface area contributed by atoms with E-state index in [1.165, 1.54) is 10.4 Å². The number of thiophene rings is 1. The van der Waals surface area contributed by atoms with Crippen LogP contribution in [0.1, 0.15) is 24.3 Å². The minimum Gasteiger partial charge on any atom is -0.488 e. The Bertz CT molecular complexity index is 583. The summed E-state index contributed by atoms with van der Waals surface area (Å²) in [4.78, 5) is 1.21. The molecule has 1 aromatic carbocycles. The molecule has 2 nitrogen and oxygen atoms in total. The van der Waals surface area contributed by atoms with E-state index in [2.05, 4.69) is 68.5 Å². The largest absolute Gasteiger partial charge is 0.488 e. The highest BCUT2D eigenvalue weighted by molar-refractivity contribution is 9.10. The van der Waals surface area contributed by atoms with Gasteiger partial charge >= 0.3 is 0 Å². The van der Waals surface area contributed by atoms with E-state index in [9.17, 15) is 0 Å². The van der Waals surface area contributed by atoms with Crippen molar-refractivity contribution in [3.63, 3.8) is 0 Å². The fourth-order valence-electron chi connectivity index (χ4n) is 1.86. The zero-order valence-electron chi connectivity index (χ0n) is 12.2. The summed E-state index contributed by atoms with van der Waals surface area (Å²) in [7, 11) is 0. The van der Waals surface area contributed by atoms with Crippen molar-refractivity contribution in [2.45, 2.75) is 27.0 Å². The molecule has 1 heterocycles. The lowest BCUT2D eigenvalue weighted by Crippen LogP contribution is -2.19. The van der Waals surface area contributed by atoms with E-state index in [1.54, 1.807) is 11.3 Å². The van der Waals surface area contributed by atoms with Gasteiger partial charge in [-0.05, 0) is 58.2 Å². The van der Waals surface area contributed by atoms with Gasteiger partial charge in [0.1, 0.15) is 12.4 Å². The summed E-state index contributed by atoms with van der Waals surface area (Å²) >= 11 is 8.76. The Balaban J connectivity index is 1.94. The number of benzene rings is 1. The van der Waals surface area contributed by atoms with Gasteiger partial charge in [0.15, 0.2) is 0 Å². The Kier molecular flexibility index (Phi) is 6.74. The fourth-order valence-corrected chi connectivity index (χ4v) is 3.60. The van der Waals surface area contributed by atoms with E-state index in [1.807, 2.05) is 12.1 Å². The van der Waals surface area contributed by atoms with Gasteiger partial charge in [-0.1, -0.05) is 29.8 Å². The maximum Gasteiger partial charge on any atom is 0.122 e. The molecule has 0 amide bonds. The minimum absolute atomic E-state index is 0.608. The van der Waals surface area contributed by atoms with Crippen LogP contribution in [0.3, 0.4) is 0 Å². The number of hydrogen-bond donors (Lipinski definition) is 1. The van der Waals surface area contributed by atoms with Gasteiger partial charge in [-0.15, -0.1) is 11.3 Å². The monoisotopic (exact) mass is 431 g/mol. The lowest BCUT2D eigenvalue weighted by molar-refractivity contribution is 0.309. The van der Waals surface area contributed by atoms with Gasteiger partial charge < -0.3 is 10.1 Å². The van der Waals surface area contributed by atoms with Crippen molar-refractivity contribution in [1.29, 1.82) is 0 Å². The number of nitrogens with one attached hydrogen (secondary N) is 1. The van der Waals surface area contributed by atoms with E-state index in [0.29, 0.717) is 12.5 Å². The second-order valence-electron chi connectivity index (χ2n) is 5.30. The molecule has 0 fully saturated rings. The third-order valence-electron chi connectivity index (χ3n) is 2.89. The second-order valence-corrected chi connectivity index (χ2v) is 8.06. The molecule has 5 heteroatoms. The van der Waals surface area contributed by atoms with Crippen LogP contribution in [-0.4, -0.2) is 6.54 Å². The molecule has 0 aliphatic heterocycles. The zero-order chi connectivity index (χ0) is 15.2. The molecule has 1 N–H and O–H groups in total. The third kappa shape index (κ3) is 5.74. The van der Waals surface area contributed by atoms with Crippen molar-refractivity contribution in [2.75, 3.05) is 6.54 Å². The molecule has 1 aromatic heterocycles. The van der Waals surface area contributed by atoms with Gasteiger partial charge in [0, 0.05) is 25.7 Å². The predicted octanol–water partition coefficient (Wildman–Crippen LogP) is 5.60. The maximum absolute atomic E-state index is 5.87. The predicted molar refractivity (Wildman–Crippen MR) is 97.0 cm³/mol. The molecule has 2 rings (SSSR count). The summed E-state index contributed by atoms with van der Waals surface area (Å²) < 4.78 is 8.10. The average molecular weight is 433 g/mol. The average Bonchev–Trinajstić information content (AvgIpc) is 2.85. The molecule has 0 aliphatic rings. The van der Waals surface area contributed by atoms with E-state index in [4.69, 9.17) is 4.74 Å². The van der Waals surface area contributed by atoms with Crippen LogP contribution >= 0.6 is 43.2 Å². The van der Waals surface area contributed by atoms with Crippen LogP contribution in [0, 0.1) is 5.92 Å². The number of halogens is 2. The van der Waals surface area contributed by atoms with Gasteiger partial charge in [-0.3, -0.25) is 0 Å². The first kappa shape index (κ1) is 17.0. The fraction of sp³-hybridized carbons (Fsp3) is 0.375. The molecule has 21 heavy (non-hydrogen) atoms. The number of hydrogen-bond acceptors (Lipinski definition) is 3. The van der Waals surface area contributed by atoms with Crippen LogP contribution in [0.5, 0.6) is 5.75 Å². The number of ether oxygens (including phenoxy) is 1. The van der Waals surface area contributed by atoms with Crippen LogP contribution in [0.4, 0.5) is 0 Å². The molecule has 0 saturated carbocycles. The first-order valence-electron chi connectivity index (χ1n) is 6.89. The van der Waals surface area contributed by atoms with Gasteiger partial charge in [0.25, 0.3) is 0 Å². The van der Waals surface area contributed by atoms with Gasteiger partial charge in [-0.2, -0.15) is 0 Å². The molecule has 0 bridgehead atoms. The SMILES string of the molecule is CC(C)CNCc1cc(OCc2cc(Br)cs2)ccc1Br. The molecule has 114 valence electrons. The van der Waals surface area contributed by atoms with Crippen LogP contribution in [0.2, 0.25) is 0 Å². The quantitative estimate of drug-likeness (QED) is 0.614. The normalized spacial score (nSPS) is 11.1. The first-order valence-corrected chi connectivity index (χ1v) is 9.36. The highest BCUT2D eigenvalue weighted by atomic mass is 79.9. The van der Waals surface area contributed by atoms with Gasteiger partial charge in [-0.25, -0.2) is 0 Å². The van der Waals surface area contributed by atoms with Crippen LogP contribution in [0.25, 0.3) is 0 Å². The second kappa shape index (κ2) is 8.32. The summed E-state index contributed by atoms with van der Waals surface area (Å²) in [6, 6.07) is 8.24. The molecular weight excluding hydrogens is 414 g/mol. The zero-order valence-corrected chi connectivity index (χ0v) is 16.1. The third-order valence-corrected chi connectivity index (χ3v) is 5.33. The maximum atomic E-state index is 5.87. The Morgan fingerprint density at radius 2 is 2.05 bits per heavy atom. The van der Waals surface area contributed by atoms with Crippen molar-refractivity contribution in [2.24, 2.45) is 5.92 Å². The summed E-state index contributed by atoms with van der Waals surface area (Å²) in [5.41, 5.74) is 1.22. The lowest BCUT2D eigenvalue weighted by atomic mass is 10.2. The Labute approximate surface area is 147 Å². The first-order chi connectivity index (χ1) is 10.0. The summed E-state index contributed by atoms with van der Waals surface area (Å²) in [5, 5.41) is 5.53. The standard InChI is InChI=1S/C16H19Br2NOS/c1-11(2)7-19-8-12-5-14(3-4-16(12)18)20-9-15-6-13(17)10-21-15/h3-6,10-11,19H,7-9H2,1-2H3. The number of rotatable bonds is 7. The van der Waals surface area contributed by atoms with Crippen LogP contribution < -0.4 is 10.1 Å². The highest BCUT2D eigenvalue weighted by Gasteiger charge is 2.05. The Morgan fingerprint density at radius 1 is 1.24 bits per heavy atom. The van der Waals surface area contributed by atoms with Crippen molar-refractivity contribution < 1.29 is 4.74 Å². The van der Waals surface area contributed by atoms with E-state index in [0.717, 1.165) is 27.8 Å². The summed E-state index contributed by atoms with van der Waals surface area (Å²) in [5.74, 6) is 1.56. The smallest absolute Gasteiger partial charge is 0.122 e. The summed E-state index contributed by atoms with van der Waals surface area (Å²) in [6.45, 7) is 6.89. The summed E-state index contributed by atoms with van der Waals surface area (Å²) in [6.07, 6.45) is 0. The van der Waals surface area contributed by atoms with E-state index >= 15 is 0 Å². The molecule has 0 saturated heterocycles. The Morgan fingerprint density at radius 3 is 2.71 bits per heavy atom. The topological polar surface area (TPSA) is 21.3 Å². The van der Waals surface area contributed by atoms with Crippen molar-refractivity contribution in [3.05, 3.63) is 49.0 Å². The molecule has 0 spiro atoms. The molecule has 2 aromatic rings. The minimum atomic E-state index is 0.608. The van der Waals surface area contributed by atoms with Crippen LogP contribution in [-0.2, 0) is 13.2 Å². The van der Waals surface area contributed by atoms with Crippen LogP contribution in [0.15, 0.2) is 38.6 Å². The molecule has 0 atom stereocenters. The lowest BCUT2D eigenvalue weighted by Gasteiger charge is -2.11. The Hall–Kier alpha value is -0.360. The van der Waals surface area contributed by atoms with E-state index in [-0.39, 0.29) is 0 Å². The molecular formula is C16H19Br2NOS. The highest BCUT2D eigenvalue weighted by Crippen LogP contribution is 2.25. The van der Waals surface area contributed by atoms with Gasteiger partial charge in [0.2, 0.25) is 0 Å². The molecule has 0 unspecified atom stereocenters. The van der Waals surface area contributed by atoms with Gasteiger partial charge in [0.05, 0.1) is 0 Å². The van der Waals surface area contributed by atoms with Crippen molar-refractivity contribution in [1.82, 2.24) is 5.32 Å². The van der Waals surface area contributed by atoms with Crippen molar-refractivity contribution in [3.8, 4) is 5.75 Å². The van der Waals surface area contributed by atoms with E-state index < -0.39 is 0 Å². The molecule has 0 radical (unpaired) electrons. The molecule has 0 aliphatic carbocycles.